The van der Waals surface area contributed by atoms with Crippen molar-refractivity contribution in [3.05, 3.63) is 57.8 Å². The fourth-order valence-electron chi connectivity index (χ4n) is 1.64. The second-order valence-corrected chi connectivity index (χ2v) is 6.58. The highest BCUT2D eigenvalue weighted by Gasteiger charge is 2.05. The lowest BCUT2D eigenvalue weighted by Crippen LogP contribution is -2.23. The van der Waals surface area contributed by atoms with Crippen LogP contribution in [0.3, 0.4) is 0 Å². The van der Waals surface area contributed by atoms with E-state index >= 15 is 0 Å². The van der Waals surface area contributed by atoms with Crippen molar-refractivity contribution >= 4 is 28.4 Å². The van der Waals surface area contributed by atoms with Crippen LogP contribution in [0.1, 0.15) is 12.0 Å². The zero-order valence-corrected chi connectivity index (χ0v) is 11.6. The largest absolute Gasteiger partial charge is 0.352 e. The molecule has 1 aromatic rings. The van der Waals surface area contributed by atoms with Crippen LogP contribution in [0.15, 0.2) is 47.2 Å². The number of amides is 1. The van der Waals surface area contributed by atoms with E-state index in [1.54, 1.807) is 0 Å². The molecule has 0 fully saturated rings. The van der Waals surface area contributed by atoms with Crippen LogP contribution in [-0.4, -0.2) is 11.7 Å². The van der Waals surface area contributed by atoms with Crippen molar-refractivity contribution in [2.75, 3.05) is 5.75 Å². The van der Waals surface area contributed by atoms with E-state index in [4.69, 9.17) is 11.6 Å². The van der Waals surface area contributed by atoms with Crippen molar-refractivity contribution in [3.63, 3.8) is 0 Å². The molecule has 1 aliphatic heterocycles. The Morgan fingerprint density at radius 1 is 1.17 bits per heavy atom. The number of allylic oxidation sites excluding steroid dienone is 2. The molecule has 4 heteroatoms. The molecule has 0 aliphatic carbocycles. The van der Waals surface area contributed by atoms with Crippen molar-refractivity contribution in [2.24, 2.45) is 0 Å². The highest BCUT2D eigenvalue weighted by Crippen LogP contribution is 2.32. The molecule has 0 aromatic heterocycles. The molecule has 0 spiro atoms. The van der Waals surface area contributed by atoms with Crippen molar-refractivity contribution in [3.8, 4) is 0 Å². The molecule has 1 heterocycles. The van der Waals surface area contributed by atoms with Gasteiger partial charge in [-0.15, -0.1) is 0 Å². The maximum atomic E-state index is 11.7. The Kier molecular flexibility index (Phi) is 4.90. The van der Waals surface area contributed by atoms with Crippen molar-refractivity contribution in [1.82, 2.24) is 5.32 Å². The van der Waals surface area contributed by atoms with Gasteiger partial charge in [0.05, 0.1) is 0 Å². The smallest absolute Gasteiger partial charge is 0.221 e. The standard InChI is InChI=1S/C14H16ClNOS/c15-13-5-3-12(4-6-13)11-16-14(17)7-10-18-8-1-2-9-18/h1-6,8-9,18H,7,10-11H2,(H,16,17). The molecule has 2 rings (SSSR count). The van der Waals surface area contributed by atoms with E-state index in [2.05, 4.69) is 28.3 Å². The summed E-state index contributed by atoms with van der Waals surface area (Å²) in [5.41, 5.74) is 1.07. The summed E-state index contributed by atoms with van der Waals surface area (Å²) in [5.74, 6) is 1.05. The normalized spacial score (nSPS) is 15.1. The molecule has 0 atom stereocenters. The molecule has 2 nitrogen and oxygen atoms in total. The average Bonchev–Trinajstić information content (AvgIpc) is 2.89. The summed E-state index contributed by atoms with van der Waals surface area (Å²) >= 11 is 5.80. The molecule has 0 bridgehead atoms. The summed E-state index contributed by atoms with van der Waals surface area (Å²) in [5, 5.41) is 8.00. The molecule has 1 N–H and O–H groups in total. The van der Waals surface area contributed by atoms with Gasteiger partial charge in [-0.1, -0.05) is 35.9 Å². The molecule has 0 saturated heterocycles. The maximum absolute atomic E-state index is 11.7. The Labute approximate surface area is 115 Å². The quantitative estimate of drug-likeness (QED) is 0.796. The highest BCUT2D eigenvalue weighted by atomic mass is 35.5. The highest BCUT2D eigenvalue weighted by molar-refractivity contribution is 8.22. The molecule has 1 aromatic carbocycles. The first-order valence-electron chi connectivity index (χ1n) is 5.86. The number of benzene rings is 1. The lowest BCUT2D eigenvalue weighted by molar-refractivity contribution is -0.120. The van der Waals surface area contributed by atoms with Gasteiger partial charge in [-0.3, -0.25) is 4.79 Å². The average molecular weight is 282 g/mol. The van der Waals surface area contributed by atoms with Crippen LogP contribution in [0, 0.1) is 0 Å². The van der Waals surface area contributed by atoms with E-state index in [0.717, 1.165) is 11.3 Å². The number of hydrogen-bond acceptors (Lipinski definition) is 1. The summed E-state index contributed by atoms with van der Waals surface area (Å²) in [6, 6.07) is 7.52. The first-order valence-corrected chi connectivity index (χ1v) is 7.90. The van der Waals surface area contributed by atoms with Gasteiger partial charge in [0, 0.05) is 18.0 Å². The summed E-state index contributed by atoms with van der Waals surface area (Å²) in [7, 11) is -0.186. The van der Waals surface area contributed by atoms with Gasteiger partial charge in [0.15, 0.2) is 0 Å². The van der Waals surface area contributed by atoms with E-state index in [1.165, 1.54) is 0 Å². The van der Waals surface area contributed by atoms with Crippen LogP contribution in [0.25, 0.3) is 0 Å². The number of nitrogens with one attached hydrogen (secondary N) is 1. The molecule has 18 heavy (non-hydrogen) atoms. The van der Waals surface area contributed by atoms with Gasteiger partial charge in [-0.25, -0.2) is 10.9 Å². The maximum Gasteiger partial charge on any atom is 0.221 e. The number of rotatable bonds is 5. The first-order chi connectivity index (χ1) is 8.74. The fourth-order valence-corrected chi connectivity index (χ4v) is 3.27. The second kappa shape index (κ2) is 6.66. The second-order valence-electron chi connectivity index (χ2n) is 4.07. The number of halogens is 1. The fraction of sp³-hybridized carbons (Fsp3) is 0.214. The van der Waals surface area contributed by atoms with Crippen molar-refractivity contribution in [1.29, 1.82) is 0 Å². The Hall–Kier alpha value is -1.19. The predicted octanol–water partition coefficient (Wildman–Crippen LogP) is 3.39. The van der Waals surface area contributed by atoms with Crippen LogP contribution in [0.4, 0.5) is 0 Å². The van der Waals surface area contributed by atoms with E-state index < -0.39 is 0 Å². The van der Waals surface area contributed by atoms with Crippen LogP contribution in [0.5, 0.6) is 0 Å². The third-order valence-electron chi connectivity index (χ3n) is 2.67. The summed E-state index contributed by atoms with van der Waals surface area (Å²) in [4.78, 5) is 11.7. The first kappa shape index (κ1) is 13.2. The molecule has 0 radical (unpaired) electrons. The number of carbonyl (C=O) groups excluding carboxylic acids is 1. The Balaban J connectivity index is 1.69. The zero-order valence-electron chi connectivity index (χ0n) is 9.97. The predicted molar refractivity (Wildman–Crippen MR) is 80.0 cm³/mol. The monoisotopic (exact) mass is 281 g/mol. The summed E-state index contributed by atoms with van der Waals surface area (Å²) < 4.78 is 0. The minimum Gasteiger partial charge on any atom is -0.352 e. The van der Waals surface area contributed by atoms with Gasteiger partial charge < -0.3 is 5.32 Å². The van der Waals surface area contributed by atoms with Crippen LogP contribution in [0.2, 0.25) is 5.02 Å². The third-order valence-corrected chi connectivity index (χ3v) is 4.77. The van der Waals surface area contributed by atoms with E-state index in [0.29, 0.717) is 18.0 Å². The summed E-state index contributed by atoms with van der Waals surface area (Å²) in [6.07, 6.45) is 4.70. The van der Waals surface area contributed by atoms with Gasteiger partial charge in [0.1, 0.15) is 0 Å². The van der Waals surface area contributed by atoms with E-state index in [1.807, 2.05) is 24.3 Å². The number of carbonyl (C=O) groups is 1. The molecule has 96 valence electrons. The minimum absolute atomic E-state index is 0.112. The molecule has 1 aliphatic rings. The molecule has 0 saturated carbocycles. The lowest BCUT2D eigenvalue weighted by Gasteiger charge is -2.10. The van der Waals surface area contributed by atoms with Crippen LogP contribution >= 0.6 is 22.5 Å². The zero-order chi connectivity index (χ0) is 12.8. The van der Waals surface area contributed by atoms with E-state index in [9.17, 15) is 4.79 Å². The van der Waals surface area contributed by atoms with Gasteiger partial charge >= 0.3 is 0 Å². The van der Waals surface area contributed by atoms with Crippen LogP contribution in [-0.2, 0) is 11.3 Å². The van der Waals surface area contributed by atoms with E-state index in [-0.39, 0.29) is 16.8 Å². The molecule has 1 amide bonds. The number of thiol groups is 1. The van der Waals surface area contributed by atoms with Crippen LogP contribution < -0.4 is 5.32 Å². The topological polar surface area (TPSA) is 29.1 Å². The molecule has 0 unspecified atom stereocenters. The Bertz CT molecular complexity index is 455. The van der Waals surface area contributed by atoms with Crippen molar-refractivity contribution < 1.29 is 4.79 Å². The van der Waals surface area contributed by atoms with Crippen molar-refractivity contribution in [2.45, 2.75) is 13.0 Å². The third kappa shape index (κ3) is 4.24. The summed E-state index contributed by atoms with van der Waals surface area (Å²) in [6.45, 7) is 0.569. The minimum atomic E-state index is -0.186. The van der Waals surface area contributed by atoms with Gasteiger partial charge in [0.25, 0.3) is 0 Å². The molecular weight excluding hydrogens is 266 g/mol. The lowest BCUT2D eigenvalue weighted by atomic mass is 10.2. The van der Waals surface area contributed by atoms with Gasteiger partial charge in [-0.2, -0.15) is 0 Å². The number of hydrogen-bond donors (Lipinski definition) is 2. The SMILES string of the molecule is O=C(CC[SH]1C=CC=C1)NCc1ccc(Cl)cc1. The Morgan fingerprint density at radius 2 is 1.83 bits per heavy atom. The van der Waals surface area contributed by atoms with Gasteiger partial charge in [-0.05, 0) is 34.3 Å². The molecular formula is C14H16ClNOS. The Morgan fingerprint density at radius 3 is 2.50 bits per heavy atom. The van der Waals surface area contributed by atoms with Gasteiger partial charge in [0.2, 0.25) is 5.91 Å².